The van der Waals surface area contributed by atoms with E-state index in [1.807, 2.05) is 6.07 Å². The van der Waals surface area contributed by atoms with Crippen molar-refractivity contribution in [3.8, 4) is 0 Å². The number of alkyl halides is 1. The van der Waals surface area contributed by atoms with Gasteiger partial charge < -0.3 is 4.57 Å². The van der Waals surface area contributed by atoms with Crippen LogP contribution in [-0.2, 0) is 13.0 Å². The van der Waals surface area contributed by atoms with E-state index < -0.39 is 0 Å². The molecule has 0 aliphatic heterocycles. The minimum Gasteiger partial charge on any atom is -0.328 e. The predicted molar refractivity (Wildman–Crippen MR) is 85.9 cm³/mol. The van der Waals surface area contributed by atoms with Crippen LogP contribution in [0.25, 0.3) is 11.0 Å². The van der Waals surface area contributed by atoms with Gasteiger partial charge in [-0.1, -0.05) is 13.8 Å². The third kappa shape index (κ3) is 3.53. The fraction of sp³-hybridized carbons (Fsp3) is 0.533. The molecule has 0 amide bonds. The molecule has 0 spiro atoms. The third-order valence-corrected chi connectivity index (χ3v) is 4.15. The summed E-state index contributed by atoms with van der Waals surface area (Å²) in [6.07, 6.45) is 2.97. The number of aryl methyl sites for hydroxylation is 2. The lowest BCUT2D eigenvalue weighted by atomic mass is 10.1. The van der Waals surface area contributed by atoms with Crippen LogP contribution in [0.4, 0.5) is 4.39 Å². The Balaban J connectivity index is 2.37. The second-order valence-electron chi connectivity index (χ2n) is 5.41. The van der Waals surface area contributed by atoms with E-state index in [1.165, 1.54) is 12.5 Å². The van der Waals surface area contributed by atoms with Crippen LogP contribution in [-0.4, -0.2) is 15.4 Å². The molecule has 1 heterocycles. The van der Waals surface area contributed by atoms with E-state index in [0.717, 1.165) is 24.3 Å². The number of aromatic nitrogens is 2. The van der Waals surface area contributed by atoms with Crippen LogP contribution < -0.4 is 0 Å². The highest BCUT2D eigenvalue weighted by Crippen LogP contribution is 2.25. The van der Waals surface area contributed by atoms with Crippen molar-refractivity contribution in [3.05, 3.63) is 28.2 Å². The molecule has 0 unspecified atom stereocenters. The summed E-state index contributed by atoms with van der Waals surface area (Å²) in [5.74, 6) is 1.88. The first-order valence-corrected chi connectivity index (χ1v) is 8.25. The minimum absolute atomic E-state index is 0.276. The highest BCUT2D eigenvalue weighted by molar-refractivity contribution is 9.10. The van der Waals surface area contributed by atoms with E-state index in [9.17, 15) is 4.39 Å². The molecule has 0 saturated carbocycles. The molecule has 0 aliphatic carbocycles. The summed E-state index contributed by atoms with van der Waals surface area (Å²) < 4.78 is 16.3. The van der Waals surface area contributed by atoms with E-state index in [2.05, 4.69) is 39.3 Å². The zero-order chi connectivity index (χ0) is 14.7. The van der Waals surface area contributed by atoms with Gasteiger partial charge in [0.15, 0.2) is 0 Å². The maximum absolute atomic E-state index is 13.6. The van der Waals surface area contributed by atoms with Gasteiger partial charge >= 0.3 is 0 Å². The molecule has 0 aliphatic rings. The van der Waals surface area contributed by atoms with Crippen molar-refractivity contribution >= 4 is 38.6 Å². The smallest absolute Gasteiger partial charge is 0.139 e. The Morgan fingerprint density at radius 2 is 2.15 bits per heavy atom. The third-order valence-electron chi connectivity index (χ3n) is 3.35. The fourth-order valence-electron chi connectivity index (χ4n) is 2.35. The number of hydrogen-bond donors (Lipinski definition) is 0. The van der Waals surface area contributed by atoms with Crippen LogP contribution in [0.15, 0.2) is 16.6 Å². The van der Waals surface area contributed by atoms with Gasteiger partial charge in [0.25, 0.3) is 0 Å². The summed E-state index contributed by atoms with van der Waals surface area (Å²) in [5, 5.41) is 0. The lowest BCUT2D eigenvalue weighted by Crippen LogP contribution is -2.06. The first-order chi connectivity index (χ1) is 9.52. The van der Waals surface area contributed by atoms with Crippen LogP contribution in [0, 0.1) is 11.7 Å². The van der Waals surface area contributed by atoms with E-state index in [-0.39, 0.29) is 5.82 Å². The summed E-state index contributed by atoms with van der Waals surface area (Å²) in [4.78, 5) is 4.52. The van der Waals surface area contributed by atoms with Gasteiger partial charge in [0.1, 0.15) is 11.6 Å². The second kappa shape index (κ2) is 6.90. The second-order valence-corrected chi connectivity index (χ2v) is 6.64. The molecule has 20 heavy (non-hydrogen) atoms. The molecule has 0 fully saturated rings. The van der Waals surface area contributed by atoms with Crippen LogP contribution in [0.2, 0.25) is 0 Å². The van der Waals surface area contributed by atoms with Gasteiger partial charge in [-0.2, -0.15) is 0 Å². The maximum atomic E-state index is 13.6. The minimum atomic E-state index is -0.276. The average molecular weight is 362 g/mol. The lowest BCUT2D eigenvalue weighted by Gasteiger charge is -2.10. The van der Waals surface area contributed by atoms with Gasteiger partial charge in [-0.15, -0.1) is 11.6 Å². The van der Waals surface area contributed by atoms with Gasteiger partial charge in [0.2, 0.25) is 0 Å². The quantitative estimate of drug-likeness (QED) is 0.650. The van der Waals surface area contributed by atoms with Crippen LogP contribution in [0.1, 0.15) is 32.5 Å². The number of imidazole rings is 1. The molecule has 2 aromatic rings. The van der Waals surface area contributed by atoms with E-state index in [0.29, 0.717) is 28.2 Å². The lowest BCUT2D eigenvalue weighted by molar-refractivity contribution is 0.510. The van der Waals surface area contributed by atoms with Crippen LogP contribution in [0.5, 0.6) is 0 Å². The molecule has 1 aromatic heterocycles. The standard InChI is InChI=1S/C15H19BrClFN2/c1-10(2)4-3-7-20-14-8-11(16)12(18)9-13(14)19-15(20)5-6-17/h8-10H,3-7H2,1-2H3. The van der Waals surface area contributed by atoms with Gasteiger partial charge in [-0.25, -0.2) is 9.37 Å². The monoisotopic (exact) mass is 360 g/mol. The van der Waals surface area contributed by atoms with Crippen molar-refractivity contribution in [2.24, 2.45) is 5.92 Å². The number of halogens is 3. The molecule has 2 rings (SSSR count). The normalized spacial score (nSPS) is 11.7. The molecule has 0 radical (unpaired) electrons. The van der Waals surface area contributed by atoms with Crippen LogP contribution in [0.3, 0.4) is 0 Å². The Morgan fingerprint density at radius 1 is 1.40 bits per heavy atom. The molecule has 5 heteroatoms. The molecule has 110 valence electrons. The molecule has 0 saturated heterocycles. The van der Waals surface area contributed by atoms with E-state index >= 15 is 0 Å². The van der Waals surface area contributed by atoms with Gasteiger partial charge in [0, 0.05) is 24.9 Å². The Labute approximate surface area is 132 Å². The summed E-state index contributed by atoms with van der Waals surface area (Å²) in [5.41, 5.74) is 1.68. The van der Waals surface area contributed by atoms with E-state index in [1.54, 1.807) is 0 Å². The SMILES string of the molecule is CC(C)CCCn1c(CCCl)nc2cc(F)c(Br)cc21. The topological polar surface area (TPSA) is 17.8 Å². The summed E-state index contributed by atoms with van der Waals surface area (Å²) in [7, 11) is 0. The zero-order valence-electron chi connectivity index (χ0n) is 11.8. The summed E-state index contributed by atoms with van der Waals surface area (Å²) >= 11 is 9.09. The number of rotatable bonds is 6. The van der Waals surface area contributed by atoms with Gasteiger partial charge in [-0.05, 0) is 40.8 Å². The van der Waals surface area contributed by atoms with Gasteiger partial charge in [0.05, 0.1) is 15.5 Å². The van der Waals surface area contributed by atoms with Crippen molar-refractivity contribution in [1.82, 2.24) is 9.55 Å². The molecule has 0 atom stereocenters. The largest absolute Gasteiger partial charge is 0.328 e. The first-order valence-electron chi connectivity index (χ1n) is 6.93. The number of benzene rings is 1. The predicted octanol–water partition coefficient (Wildman–Crippen LogP) is 5.16. The Hall–Kier alpha value is -0.610. The highest BCUT2D eigenvalue weighted by atomic mass is 79.9. The molecule has 2 nitrogen and oxygen atoms in total. The molecule has 1 aromatic carbocycles. The molecule has 0 N–H and O–H groups in total. The maximum Gasteiger partial charge on any atom is 0.139 e. The fourth-order valence-corrected chi connectivity index (χ4v) is 2.85. The Morgan fingerprint density at radius 3 is 2.80 bits per heavy atom. The van der Waals surface area contributed by atoms with Crippen molar-refractivity contribution < 1.29 is 4.39 Å². The average Bonchev–Trinajstić information content (AvgIpc) is 2.68. The van der Waals surface area contributed by atoms with Crippen molar-refractivity contribution in [2.75, 3.05) is 5.88 Å². The molecular weight excluding hydrogens is 343 g/mol. The highest BCUT2D eigenvalue weighted by Gasteiger charge is 2.13. The first kappa shape index (κ1) is 15.8. The van der Waals surface area contributed by atoms with E-state index in [4.69, 9.17) is 11.6 Å². The molecular formula is C15H19BrClFN2. The summed E-state index contributed by atoms with van der Waals surface area (Å²) in [6, 6.07) is 3.29. The number of nitrogens with zero attached hydrogens (tertiary/aromatic N) is 2. The number of hydrogen-bond acceptors (Lipinski definition) is 1. The Bertz CT molecular complexity index is 595. The van der Waals surface area contributed by atoms with Crippen molar-refractivity contribution in [2.45, 2.75) is 39.7 Å². The molecule has 0 bridgehead atoms. The van der Waals surface area contributed by atoms with Gasteiger partial charge in [-0.3, -0.25) is 0 Å². The van der Waals surface area contributed by atoms with Crippen molar-refractivity contribution in [3.63, 3.8) is 0 Å². The number of fused-ring (bicyclic) bond motifs is 1. The summed E-state index contributed by atoms with van der Waals surface area (Å²) in [6.45, 7) is 5.34. The Kier molecular flexibility index (Phi) is 5.44. The zero-order valence-corrected chi connectivity index (χ0v) is 14.1. The van der Waals surface area contributed by atoms with Crippen LogP contribution >= 0.6 is 27.5 Å². The van der Waals surface area contributed by atoms with Crippen molar-refractivity contribution in [1.29, 1.82) is 0 Å².